The molecule has 3 N–H and O–H groups in total. The van der Waals surface area contributed by atoms with E-state index in [2.05, 4.69) is 75.0 Å². The summed E-state index contributed by atoms with van der Waals surface area (Å²) in [6, 6.07) is 22.8. The SMILES string of the molecule is O=C(O)C(F)(F)F.O=C1Nc2ccccc2C12C[C@H]2c1ccc2c(/C=C/c3ccc(CN4CC[C@@H](F)C4)cc3)n[nH]c2c1. The van der Waals surface area contributed by atoms with Crippen LogP contribution < -0.4 is 5.32 Å². The lowest BCUT2D eigenvalue weighted by Gasteiger charge is -2.14. The van der Waals surface area contributed by atoms with Crippen molar-refractivity contribution < 1.29 is 32.3 Å². The average molecular weight is 593 g/mol. The number of carbonyl (C=O) groups is 2. The Morgan fingerprint density at radius 2 is 1.84 bits per heavy atom. The van der Waals surface area contributed by atoms with Gasteiger partial charge in [0.05, 0.1) is 16.6 Å². The Morgan fingerprint density at radius 1 is 1.09 bits per heavy atom. The highest BCUT2D eigenvalue weighted by molar-refractivity contribution is 6.09. The van der Waals surface area contributed by atoms with Gasteiger partial charge in [-0.05, 0) is 53.3 Å². The van der Waals surface area contributed by atoms with Crippen LogP contribution in [-0.4, -0.2) is 57.5 Å². The Morgan fingerprint density at radius 3 is 2.53 bits per heavy atom. The third-order valence-electron chi connectivity index (χ3n) is 8.32. The molecule has 3 heterocycles. The lowest BCUT2D eigenvalue weighted by Crippen LogP contribution is -2.21. The number of hydrogen-bond donors (Lipinski definition) is 3. The maximum Gasteiger partial charge on any atom is 0.490 e. The number of H-pyrrole nitrogens is 1. The Labute approximate surface area is 244 Å². The van der Waals surface area contributed by atoms with E-state index in [1.54, 1.807) is 0 Å². The van der Waals surface area contributed by atoms with Crippen LogP contribution in [0.5, 0.6) is 0 Å². The van der Waals surface area contributed by atoms with E-state index in [1.165, 1.54) is 11.1 Å². The van der Waals surface area contributed by atoms with Crippen molar-refractivity contribution in [2.45, 2.75) is 43.1 Å². The number of alkyl halides is 4. The summed E-state index contributed by atoms with van der Waals surface area (Å²) in [6.07, 6.45) is -0.191. The quantitative estimate of drug-likeness (QED) is 0.237. The van der Waals surface area contributed by atoms with Crippen LogP contribution in [0.2, 0.25) is 0 Å². The number of likely N-dealkylation sites (tertiary alicyclic amines) is 1. The Balaban J connectivity index is 0.000000423. The topological polar surface area (TPSA) is 98.3 Å². The molecule has 7 nitrogen and oxygen atoms in total. The molecule has 7 rings (SSSR count). The summed E-state index contributed by atoms with van der Waals surface area (Å²) < 4.78 is 45.2. The number of carboxylic acids is 1. The van der Waals surface area contributed by atoms with Crippen LogP contribution in [0, 0.1) is 0 Å². The molecule has 2 fully saturated rings. The normalized spacial score (nSPS) is 22.9. The molecule has 4 aromatic rings. The zero-order valence-electron chi connectivity index (χ0n) is 22.9. The predicted molar refractivity (Wildman–Crippen MR) is 154 cm³/mol. The first-order valence-electron chi connectivity index (χ1n) is 13.9. The number of aromatic amines is 1. The minimum Gasteiger partial charge on any atom is -0.475 e. The number of anilines is 1. The molecule has 0 bridgehead atoms. The Bertz CT molecular complexity index is 1720. The number of amides is 1. The van der Waals surface area contributed by atoms with Crippen LogP contribution in [-0.2, 0) is 21.5 Å². The second kappa shape index (κ2) is 11.0. The van der Waals surface area contributed by atoms with Gasteiger partial charge in [0.25, 0.3) is 0 Å². The molecule has 1 amide bonds. The van der Waals surface area contributed by atoms with Crippen LogP contribution in [0.15, 0.2) is 66.7 Å². The van der Waals surface area contributed by atoms with E-state index in [4.69, 9.17) is 9.90 Å². The smallest absolute Gasteiger partial charge is 0.475 e. The summed E-state index contributed by atoms with van der Waals surface area (Å²) >= 11 is 0. The van der Waals surface area contributed by atoms with Gasteiger partial charge in [-0.25, -0.2) is 9.18 Å². The molecule has 1 saturated carbocycles. The molecule has 11 heteroatoms. The number of carbonyl (C=O) groups excluding carboxylic acids is 1. The third-order valence-corrected chi connectivity index (χ3v) is 8.32. The number of rotatable bonds is 5. The number of benzene rings is 3. The van der Waals surface area contributed by atoms with E-state index in [-0.39, 0.29) is 11.8 Å². The summed E-state index contributed by atoms with van der Waals surface area (Å²) in [4.78, 5) is 23.9. The first kappa shape index (κ1) is 28.6. The second-order valence-electron chi connectivity index (χ2n) is 11.1. The zero-order valence-corrected chi connectivity index (χ0v) is 22.9. The average Bonchev–Trinajstić information content (AvgIpc) is 3.22. The maximum absolute atomic E-state index is 13.4. The monoisotopic (exact) mass is 592 g/mol. The van der Waals surface area contributed by atoms with Gasteiger partial charge >= 0.3 is 12.1 Å². The first-order chi connectivity index (χ1) is 20.5. The zero-order chi connectivity index (χ0) is 30.4. The number of aromatic nitrogens is 2. The highest BCUT2D eigenvalue weighted by Crippen LogP contribution is 2.65. The van der Waals surface area contributed by atoms with Gasteiger partial charge in [0.2, 0.25) is 5.91 Å². The standard InChI is InChI=1S/C30H27FN4O.C2HF3O2/c31-22-13-14-35(18-22)17-20-7-5-19(6-8-20)9-12-26-23-11-10-21(15-28(23)34-33-26)25-16-30(25)24-3-1-2-4-27(24)32-29(30)36;3-2(4,5)1(6)7/h1-12,15,22,25H,13-14,16-18H2,(H,32,36)(H,33,34);(H,6,7)/b12-9+;/t22-,25+,30?;/m1./s1. The van der Waals surface area contributed by atoms with Gasteiger partial charge < -0.3 is 10.4 Å². The minimum absolute atomic E-state index is 0.111. The lowest BCUT2D eigenvalue weighted by atomic mass is 9.92. The van der Waals surface area contributed by atoms with Crippen LogP contribution in [0.25, 0.3) is 23.1 Å². The Hall–Kier alpha value is -4.51. The maximum atomic E-state index is 13.4. The van der Waals surface area contributed by atoms with Crippen molar-refractivity contribution in [3.05, 3.63) is 94.7 Å². The van der Waals surface area contributed by atoms with Crippen LogP contribution in [0.3, 0.4) is 0 Å². The van der Waals surface area contributed by atoms with Crippen LogP contribution in [0.1, 0.15) is 46.7 Å². The molecular weight excluding hydrogens is 564 g/mol. The molecule has 0 radical (unpaired) electrons. The fraction of sp³-hybridized carbons (Fsp3) is 0.281. The van der Waals surface area contributed by atoms with Gasteiger partial charge in [-0.1, -0.05) is 60.7 Å². The molecule has 2 aliphatic heterocycles. The number of fused-ring (bicyclic) bond motifs is 3. The molecule has 3 aliphatic rings. The number of halogens is 4. The van der Waals surface area contributed by atoms with Crippen molar-refractivity contribution in [2.75, 3.05) is 18.4 Å². The molecule has 43 heavy (non-hydrogen) atoms. The number of aliphatic carboxylic acids is 1. The Kier molecular flexibility index (Phi) is 7.29. The first-order valence-corrected chi connectivity index (χ1v) is 13.9. The van der Waals surface area contributed by atoms with Crippen molar-refractivity contribution in [3.8, 4) is 0 Å². The van der Waals surface area contributed by atoms with Crippen LogP contribution in [0.4, 0.5) is 23.2 Å². The minimum atomic E-state index is -5.08. The van der Waals surface area contributed by atoms with Crippen molar-refractivity contribution in [2.24, 2.45) is 0 Å². The van der Waals surface area contributed by atoms with E-state index < -0.39 is 23.7 Å². The van der Waals surface area contributed by atoms with E-state index in [9.17, 15) is 22.4 Å². The second-order valence-corrected chi connectivity index (χ2v) is 11.1. The largest absolute Gasteiger partial charge is 0.490 e. The number of nitrogens with one attached hydrogen (secondary N) is 2. The molecule has 1 aromatic heterocycles. The van der Waals surface area contributed by atoms with E-state index in [0.29, 0.717) is 13.0 Å². The number of nitrogens with zero attached hydrogens (tertiary/aromatic N) is 2. The molecule has 1 spiro atoms. The summed E-state index contributed by atoms with van der Waals surface area (Å²) in [6.45, 7) is 2.17. The van der Waals surface area contributed by atoms with E-state index in [1.807, 2.05) is 24.3 Å². The molecule has 222 valence electrons. The third kappa shape index (κ3) is 5.64. The summed E-state index contributed by atoms with van der Waals surface area (Å²) in [5, 5.41) is 19.0. The summed E-state index contributed by atoms with van der Waals surface area (Å²) in [5.41, 5.74) is 6.97. The molecule has 1 aliphatic carbocycles. The van der Waals surface area contributed by atoms with Crippen molar-refractivity contribution in [1.82, 2.24) is 15.1 Å². The van der Waals surface area contributed by atoms with Gasteiger partial charge in [0, 0.05) is 36.6 Å². The van der Waals surface area contributed by atoms with Crippen LogP contribution >= 0.6 is 0 Å². The van der Waals surface area contributed by atoms with Crippen molar-refractivity contribution in [3.63, 3.8) is 0 Å². The highest BCUT2D eigenvalue weighted by atomic mass is 19.4. The number of hydrogen-bond acceptors (Lipinski definition) is 4. The fourth-order valence-corrected chi connectivity index (χ4v) is 6.05. The number of para-hydroxylation sites is 1. The predicted octanol–water partition coefficient (Wildman–Crippen LogP) is 6.29. The van der Waals surface area contributed by atoms with Gasteiger partial charge in [-0.3, -0.25) is 14.8 Å². The summed E-state index contributed by atoms with van der Waals surface area (Å²) in [5.74, 6) is -2.46. The van der Waals surface area contributed by atoms with E-state index >= 15 is 0 Å². The van der Waals surface area contributed by atoms with Gasteiger partial charge in [0.1, 0.15) is 6.17 Å². The molecule has 1 saturated heterocycles. The van der Waals surface area contributed by atoms with Gasteiger partial charge in [0.15, 0.2) is 0 Å². The number of carboxylic acid groups (broad SMARTS) is 1. The van der Waals surface area contributed by atoms with E-state index in [0.717, 1.165) is 52.9 Å². The van der Waals surface area contributed by atoms with Gasteiger partial charge in [-0.15, -0.1) is 0 Å². The molecular formula is C32H28F4N4O3. The fourth-order valence-electron chi connectivity index (χ4n) is 6.05. The molecule has 1 unspecified atom stereocenters. The van der Waals surface area contributed by atoms with Crippen molar-refractivity contribution in [1.29, 1.82) is 0 Å². The summed E-state index contributed by atoms with van der Waals surface area (Å²) in [7, 11) is 0. The molecule has 3 atom stereocenters. The highest BCUT2D eigenvalue weighted by Gasteiger charge is 2.65. The lowest BCUT2D eigenvalue weighted by molar-refractivity contribution is -0.192. The van der Waals surface area contributed by atoms with Crippen molar-refractivity contribution >= 4 is 40.6 Å². The van der Waals surface area contributed by atoms with Gasteiger partial charge in [-0.2, -0.15) is 18.3 Å². The molecule has 3 aromatic carbocycles.